The molecule has 1 saturated heterocycles. The highest BCUT2D eigenvalue weighted by molar-refractivity contribution is 5.95. The summed E-state index contributed by atoms with van der Waals surface area (Å²) in [5.74, 6) is -1.87. The Morgan fingerprint density at radius 2 is 1.80 bits per heavy atom. The zero-order chi connectivity index (χ0) is 18.1. The van der Waals surface area contributed by atoms with Gasteiger partial charge in [-0.1, -0.05) is 24.6 Å². The summed E-state index contributed by atoms with van der Waals surface area (Å²) in [6.45, 7) is -0.175. The molecule has 0 unspecified atom stereocenters. The number of hydrogen-bond acceptors (Lipinski definition) is 5. The number of carbonyl (C=O) groups excluding carboxylic acids is 4. The Bertz CT molecular complexity index is 632. The van der Waals surface area contributed by atoms with Gasteiger partial charge in [0.2, 0.25) is 5.91 Å². The van der Waals surface area contributed by atoms with Gasteiger partial charge in [-0.2, -0.15) is 0 Å². The van der Waals surface area contributed by atoms with Crippen LogP contribution in [0, 0.1) is 0 Å². The predicted octanol–water partition coefficient (Wildman–Crippen LogP) is 0.393. The summed E-state index contributed by atoms with van der Waals surface area (Å²) < 4.78 is 4.84. The van der Waals surface area contributed by atoms with Crippen molar-refractivity contribution in [1.82, 2.24) is 15.8 Å². The largest absolute Gasteiger partial charge is 0.454 e. The summed E-state index contributed by atoms with van der Waals surface area (Å²) in [5.41, 5.74) is 4.78. The molecule has 1 aliphatic heterocycles. The third kappa shape index (κ3) is 6.25. The van der Waals surface area contributed by atoms with E-state index < -0.39 is 24.4 Å². The normalized spacial score (nSPS) is 14.4. The number of carbonyl (C=O) groups is 4. The van der Waals surface area contributed by atoms with Crippen molar-refractivity contribution in [3.63, 3.8) is 0 Å². The number of rotatable bonds is 5. The minimum atomic E-state index is -0.667. The minimum absolute atomic E-state index is 0.0750. The van der Waals surface area contributed by atoms with Crippen molar-refractivity contribution in [2.75, 3.05) is 19.7 Å². The molecule has 1 aromatic carbocycles. The lowest BCUT2D eigenvalue weighted by Gasteiger charge is -2.19. The van der Waals surface area contributed by atoms with E-state index >= 15 is 0 Å². The second-order valence-electron chi connectivity index (χ2n) is 5.65. The molecule has 1 heterocycles. The average Bonchev–Trinajstić information content (AvgIpc) is 2.83. The van der Waals surface area contributed by atoms with Crippen molar-refractivity contribution < 1.29 is 23.9 Å². The summed E-state index contributed by atoms with van der Waals surface area (Å²) in [6, 6.07) is 8.36. The minimum Gasteiger partial charge on any atom is -0.454 e. The number of nitrogens with zero attached hydrogens (tertiary/aromatic N) is 1. The van der Waals surface area contributed by atoms with E-state index in [4.69, 9.17) is 4.74 Å². The number of hydrazine groups is 1. The van der Waals surface area contributed by atoms with Crippen molar-refractivity contribution in [3.8, 4) is 0 Å². The molecule has 0 aliphatic carbocycles. The molecule has 1 aliphatic rings. The predicted molar refractivity (Wildman–Crippen MR) is 88.1 cm³/mol. The molecule has 1 fully saturated rings. The van der Waals surface area contributed by atoms with E-state index in [2.05, 4.69) is 10.9 Å². The van der Waals surface area contributed by atoms with Gasteiger partial charge in [-0.05, 0) is 25.0 Å². The zero-order valence-electron chi connectivity index (χ0n) is 13.8. The quantitative estimate of drug-likeness (QED) is 0.592. The highest BCUT2D eigenvalue weighted by atomic mass is 16.5. The van der Waals surface area contributed by atoms with Gasteiger partial charge in [-0.25, -0.2) is 0 Å². The Balaban J connectivity index is 1.68. The Kier molecular flexibility index (Phi) is 6.94. The zero-order valence-corrected chi connectivity index (χ0v) is 13.8. The maximum atomic E-state index is 11.8. The maximum absolute atomic E-state index is 11.8. The van der Waals surface area contributed by atoms with Gasteiger partial charge in [0.15, 0.2) is 6.61 Å². The van der Waals surface area contributed by atoms with Gasteiger partial charge < -0.3 is 9.64 Å². The molecule has 25 heavy (non-hydrogen) atoms. The van der Waals surface area contributed by atoms with Gasteiger partial charge in [0.25, 0.3) is 11.8 Å². The van der Waals surface area contributed by atoms with Crippen LogP contribution in [-0.4, -0.2) is 48.3 Å². The van der Waals surface area contributed by atoms with Crippen LogP contribution in [0.3, 0.4) is 0 Å². The fraction of sp³-hybridized carbons (Fsp3) is 0.412. The number of esters is 1. The first kappa shape index (κ1) is 18.4. The third-order valence-corrected chi connectivity index (χ3v) is 3.71. The Labute approximate surface area is 145 Å². The molecular weight excluding hydrogens is 326 g/mol. The average molecular weight is 347 g/mol. The van der Waals surface area contributed by atoms with Crippen LogP contribution >= 0.6 is 0 Å². The maximum Gasteiger partial charge on any atom is 0.326 e. The fourth-order valence-electron chi connectivity index (χ4n) is 2.38. The van der Waals surface area contributed by atoms with Crippen LogP contribution in [0.5, 0.6) is 0 Å². The van der Waals surface area contributed by atoms with Crippen molar-refractivity contribution in [1.29, 1.82) is 0 Å². The van der Waals surface area contributed by atoms with Gasteiger partial charge >= 0.3 is 5.97 Å². The van der Waals surface area contributed by atoms with Crippen LogP contribution in [0.1, 0.15) is 36.0 Å². The summed E-state index contributed by atoms with van der Waals surface area (Å²) >= 11 is 0. The Morgan fingerprint density at radius 1 is 1.04 bits per heavy atom. The monoisotopic (exact) mass is 347 g/mol. The smallest absolute Gasteiger partial charge is 0.326 e. The molecule has 134 valence electrons. The molecule has 3 amide bonds. The third-order valence-electron chi connectivity index (χ3n) is 3.71. The number of likely N-dealkylation sites (tertiary alicyclic amines) is 1. The van der Waals surface area contributed by atoms with E-state index in [0.717, 1.165) is 19.3 Å². The van der Waals surface area contributed by atoms with Gasteiger partial charge in [-0.3, -0.25) is 30.0 Å². The first-order valence-corrected chi connectivity index (χ1v) is 8.14. The van der Waals surface area contributed by atoms with E-state index in [0.29, 0.717) is 18.5 Å². The molecule has 0 aromatic heterocycles. The van der Waals surface area contributed by atoms with Crippen LogP contribution < -0.4 is 10.9 Å². The molecule has 2 rings (SSSR count). The standard InChI is InChI=1S/C17H21N3O5/c21-14(18-19-17(24)13-7-3-1-4-8-13)12-25-16(23)11-20-10-6-2-5-9-15(20)22/h1,3-4,7-8H,2,5-6,9-12H2,(H,18,21)(H,19,24). The Hall–Kier alpha value is -2.90. The number of benzene rings is 1. The SMILES string of the molecule is O=C(COC(=O)CN1CCCCCC1=O)NNC(=O)c1ccccc1. The summed E-state index contributed by atoms with van der Waals surface area (Å²) in [4.78, 5) is 48.3. The molecule has 8 nitrogen and oxygen atoms in total. The lowest BCUT2D eigenvalue weighted by Crippen LogP contribution is -2.44. The molecule has 0 atom stereocenters. The Morgan fingerprint density at radius 3 is 2.56 bits per heavy atom. The van der Waals surface area contributed by atoms with Crippen LogP contribution in [0.25, 0.3) is 0 Å². The fourth-order valence-corrected chi connectivity index (χ4v) is 2.38. The number of nitrogens with one attached hydrogen (secondary N) is 2. The van der Waals surface area contributed by atoms with E-state index in [-0.39, 0.29) is 12.5 Å². The summed E-state index contributed by atoms with van der Waals surface area (Å²) in [6.07, 6.45) is 3.07. The molecule has 2 N–H and O–H groups in total. The van der Waals surface area contributed by atoms with Crippen LogP contribution in [-0.2, 0) is 19.1 Å². The topological polar surface area (TPSA) is 105 Å². The molecule has 0 bridgehead atoms. The van der Waals surface area contributed by atoms with Crippen LogP contribution in [0.15, 0.2) is 30.3 Å². The second kappa shape index (κ2) is 9.41. The lowest BCUT2D eigenvalue weighted by molar-refractivity contribution is -0.152. The van der Waals surface area contributed by atoms with E-state index in [1.54, 1.807) is 30.3 Å². The number of amides is 3. The van der Waals surface area contributed by atoms with Gasteiger partial charge in [0, 0.05) is 18.5 Å². The van der Waals surface area contributed by atoms with E-state index in [1.165, 1.54) is 4.90 Å². The molecular formula is C17H21N3O5. The summed E-state index contributed by atoms with van der Waals surface area (Å²) in [7, 11) is 0. The van der Waals surface area contributed by atoms with Gasteiger partial charge in [0.1, 0.15) is 6.54 Å². The van der Waals surface area contributed by atoms with Gasteiger partial charge in [0.05, 0.1) is 0 Å². The van der Waals surface area contributed by atoms with E-state index in [1.807, 2.05) is 0 Å². The van der Waals surface area contributed by atoms with Crippen LogP contribution in [0.2, 0.25) is 0 Å². The molecule has 0 saturated carbocycles. The first-order chi connectivity index (χ1) is 12.1. The number of hydrogen-bond donors (Lipinski definition) is 2. The molecule has 0 radical (unpaired) electrons. The van der Waals surface area contributed by atoms with Crippen molar-refractivity contribution in [2.45, 2.75) is 25.7 Å². The van der Waals surface area contributed by atoms with Crippen molar-refractivity contribution in [3.05, 3.63) is 35.9 Å². The summed E-state index contributed by atoms with van der Waals surface area (Å²) in [5, 5.41) is 0. The molecule has 0 spiro atoms. The van der Waals surface area contributed by atoms with E-state index in [9.17, 15) is 19.2 Å². The highest BCUT2D eigenvalue weighted by Crippen LogP contribution is 2.10. The first-order valence-electron chi connectivity index (χ1n) is 8.14. The van der Waals surface area contributed by atoms with Crippen molar-refractivity contribution in [2.24, 2.45) is 0 Å². The van der Waals surface area contributed by atoms with Crippen molar-refractivity contribution >= 4 is 23.7 Å². The highest BCUT2D eigenvalue weighted by Gasteiger charge is 2.20. The lowest BCUT2D eigenvalue weighted by atomic mass is 10.2. The van der Waals surface area contributed by atoms with Gasteiger partial charge in [-0.15, -0.1) is 0 Å². The second-order valence-corrected chi connectivity index (χ2v) is 5.65. The molecule has 8 heteroatoms. The number of ether oxygens (including phenoxy) is 1. The van der Waals surface area contributed by atoms with Crippen LogP contribution in [0.4, 0.5) is 0 Å². The molecule has 1 aromatic rings.